The maximum atomic E-state index is 13.6. The van der Waals surface area contributed by atoms with Gasteiger partial charge in [-0.1, -0.05) is 57.2 Å². The Kier molecular flexibility index (Phi) is 7.84. The van der Waals surface area contributed by atoms with Gasteiger partial charge in [-0.05, 0) is 52.7 Å². The summed E-state index contributed by atoms with van der Waals surface area (Å²) in [6.45, 7) is 6.65. The second-order valence-corrected chi connectivity index (χ2v) is 10.5. The molecule has 176 valence electrons. The third-order valence-corrected chi connectivity index (χ3v) is 6.73. The fourth-order valence-corrected chi connectivity index (χ4v) is 4.54. The molecule has 3 amide bonds. The van der Waals surface area contributed by atoms with Crippen molar-refractivity contribution in [2.45, 2.75) is 57.7 Å². The van der Waals surface area contributed by atoms with Gasteiger partial charge in [-0.15, -0.1) is 0 Å². The molecule has 7 heteroatoms. The number of hydrogen-bond donors (Lipinski definition) is 2. The van der Waals surface area contributed by atoms with E-state index < -0.39 is 18.0 Å². The molecule has 1 aliphatic rings. The van der Waals surface area contributed by atoms with Gasteiger partial charge in [0.1, 0.15) is 12.1 Å². The molecule has 0 bridgehead atoms. The summed E-state index contributed by atoms with van der Waals surface area (Å²) in [5.74, 6) is -0.416. The van der Waals surface area contributed by atoms with Crippen molar-refractivity contribution in [3.63, 3.8) is 0 Å². The van der Waals surface area contributed by atoms with Gasteiger partial charge in [0.25, 0.3) is 5.91 Å². The van der Waals surface area contributed by atoms with Gasteiger partial charge in [-0.25, -0.2) is 0 Å². The van der Waals surface area contributed by atoms with Gasteiger partial charge in [0.2, 0.25) is 11.8 Å². The van der Waals surface area contributed by atoms with E-state index in [1.807, 2.05) is 42.7 Å². The molecule has 0 radical (unpaired) electrons. The van der Waals surface area contributed by atoms with E-state index in [1.165, 1.54) is 4.90 Å². The summed E-state index contributed by atoms with van der Waals surface area (Å²) in [6, 6.07) is 13.7. The lowest BCUT2D eigenvalue weighted by molar-refractivity contribution is -0.142. The van der Waals surface area contributed by atoms with E-state index in [1.54, 1.807) is 23.9 Å². The SMILES string of the molecule is CSCCC(NC(=O)c1ccc(C(C)(C)C)cc1)C(=O)N1Cc2ccccc2CC1C(N)=O. The van der Waals surface area contributed by atoms with Gasteiger partial charge in [-0.3, -0.25) is 14.4 Å². The second-order valence-electron chi connectivity index (χ2n) is 9.49. The van der Waals surface area contributed by atoms with Crippen LogP contribution in [0.1, 0.15) is 54.2 Å². The largest absolute Gasteiger partial charge is 0.368 e. The minimum atomic E-state index is -0.737. The fraction of sp³-hybridized carbons (Fsp3) is 0.423. The van der Waals surface area contributed by atoms with Crippen molar-refractivity contribution >= 4 is 29.5 Å². The summed E-state index contributed by atoms with van der Waals surface area (Å²) in [5.41, 5.74) is 9.31. The predicted molar refractivity (Wildman–Crippen MR) is 133 cm³/mol. The average Bonchev–Trinajstić information content (AvgIpc) is 2.79. The van der Waals surface area contributed by atoms with Crippen LogP contribution < -0.4 is 11.1 Å². The van der Waals surface area contributed by atoms with Crippen LogP contribution in [-0.4, -0.2) is 46.7 Å². The lowest BCUT2D eigenvalue weighted by atomic mass is 9.86. The third-order valence-electron chi connectivity index (χ3n) is 6.09. The minimum absolute atomic E-state index is 0.0137. The van der Waals surface area contributed by atoms with Gasteiger partial charge in [0.15, 0.2) is 0 Å². The van der Waals surface area contributed by atoms with Crippen LogP contribution in [0.25, 0.3) is 0 Å². The van der Waals surface area contributed by atoms with Gasteiger partial charge in [0.05, 0.1) is 0 Å². The van der Waals surface area contributed by atoms with Gasteiger partial charge < -0.3 is 16.0 Å². The van der Waals surface area contributed by atoms with E-state index in [4.69, 9.17) is 5.73 Å². The zero-order valence-electron chi connectivity index (χ0n) is 19.8. The summed E-state index contributed by atoms with van der Waals surface area (Å²) in [6.07, 6.45) is 2.81. The summed E-state index contributed by atoms with van der Waals surface area (Å²) < 4.78 is 0. The minimum Gasteiger partial charge on any atom is -0.368 e. The number of nitrogens with one attached hydrogen (secondary N) is 1. The zero-order chi connectivity index (χ0) is 24.2. The summed E-state index contributed by atoms with van der Waals surface area (Å²) in [4.78, 5) is 40.3. The maximum Gasteiger partial charge on any atom is 0.251 e. The smallest absolute Gasteiger partial charge is 0.251 e. The number of nitrogens with two attached hydrogens (primary N) is 1. The van der Waals surface area contributed by atoms with Crippen molar-refractivity contribution in [1.29, 1.82) is 0 Å². The monoisotopic (exact) mass is 467 g/mol. The first-order valence-corrected chi connectivity index (χ1v) is 12.6. The number of benzene rings is 2. The molecular weight excluding hydrogens is 434 g/mol. The molecule has 2 unspecified atom stereocenters. The standard InChI is InChI=1S/C26H33N3O3S/c1-26(2,3)20-11-9-17(10-12-20)24(31)28-21(13-14-33-4)25(32)29-16-19-8-6-5-7-18(19)15-22(29)23(27)30/h5-12,21-22H,13-16H2,1-4H3,(H2,27,30)(H,28,31). The number of carbonyl (C=O) groups is 3. The lowest BCUT2D eigenvalue weighted by Crippen LogP contribution is -2.57. The summed E-state index contributed by atoms with van der Waals surface area (Å²) in [7, 11) is 0. The Hall–Kier alpha value is -2.80. The van der Waals surface area contributed by atoms with Crippen LogP contribution in [0.2, 0.25) is 0 Å². The average molecular weight is 468 g/mol. The number of hydrogen-bond acceptors (Lipinski definition) is 4. The Morgan fingerprint density at radius 3 is 2.30 bits per heavy atom. The molecule has 0 fully saturated rings. The van der Waals surface area contributed by atoms with Gasteiger partial charge in [0, 0.05) is 18.5 Å². The van der Waals surface area contributed by atoms with E-state index in [2.05, 4.69) is 26.1 Å². The first-order valence-electron chi connectivity index (χ1n) is 11.2. The summed E-state index contributed by atoms with van der Waals surface area (Å²) >= 11 is 1.60. The van der Waals surface area contributed by atoms with Crippen molar-refractivity contribution in [3.8, 4) is 0 Å². The molecule has 0 aromatic heterocycles. The highest BCUT2D eigenvalue weighted by Gasteiger charge is 2.36. The van der Waals surface area contributed by atoms with E-state index >= 15 is 0 Å². The molecule has 1 heterocycles. The van der Waals surface area contributed by atoms with E-state index in [9.17, 15) is 14.4 Å². The zero-order valence-corrected chi connectivity index (χ0v) is 20.6. The van der Waals surface area contributed by atoms with Gasteiger partial charge >= 0.3 is 0 Å². The Labute approximate surface area is 200 Å². The van der Waals surface area contributed by atoms with Crippen molar-refractivity contribution in [1.82, 2.24) is 10.2 Å². The number of carbonyl (C=O) groups excluding carboxylic acids is 3. The van der Waals surface area contributed by atoms with Crippen LogP contribution >= 0.6 is 11.8 Å². The van der Waals surface area contributed by atoms with Crippen LogP contribution in [0.5, 0.6) is 0 Å². The van der Waals surface area contributed by atoms with Crippen LogP contribution in [-0.2, 0) is 28.0 Å². The van der Waals surface area contributed by atoms with Crippen molar-refractivity contribution < 1.29 is 14.4 Å². The Morgan fingerprint density at radius 2 is 1.73 bits per heavy atom. The molecule has 6 nitrogen and oxygen atoms in total. The van der Waals surface area contributed by atoms with Crippen molar-refractivity contribution in [2.75, 3.05) is 12.0 Å². The molecule has 3 rings (SSSR count). The quantitative estimate of drug-likeness (QED) is 0.654. The van der Waals surface area contributed by atoms with Gasteiger partial charge in [-0.2, -0.15) is 11.8 Å². The van der Waals surface area contributed by atoms with Crippen LogP contribution in [0.15, 0.2) is 48.5 Å². The Bertz CT molecular complexity index is 1010. The van der Waals surface area contributed by atoms with Crippen LogP contribution in [0.4, 0.5) is 0 Å². The number of fused-ring (bicyclic) bond motifs is 1. The maximum absolute atomic E-state index is 13.6. The van der Waals surface area contributed by atoms with Crippen LogP contribution in [0.3, 0.4) is 0 Å². The lowest BCUT2D eigenvalue weighted by Gasteiger charge is -2.37. The predicted octanol–water partition coefficient (Wildman–Crippen LogP) is 3.27. The highest BCUT2D eigenvalue weighted by molar-refractivity contribution is 7.98. The molecule has 2 aromatic rings. The Balaban J connectivity index is 1.82. The number of primary amides is 1. The van der Waals surface area contributed by atoms with Crippen LogP contribution in [0, 0.1) is 0 Å². The second kappa shape index (κ2) is 10.4. The molecule has 0 aliphatic carbocycles. The topological polar surface area (TPSA) is 92.5 Å². The third kappa shape index (κ3) is 5.96. The molecule has 0 saturated carbocycles. The number of rotatable bonds is 7. The first kappa shape index (κ1) is 24.8. The first-order chi connectivity index (χ1) is 15.6. The normalized spacial score (nSPS) is 16.6. The molecule has 3 N–H and O–H groups in total. The van der Waals surface area contributed by atoms with E-state index in [0.717, 1.165) is 16.7 Å². The molecule has 0 spiro atoms. The molecule has 2 aromatic carbocycles. The fourth-order valence-electron chi connectivity index (χ4n) is 4.07. The van der Waals surface area contributed by atoms with Crippen molar-refractivity contribution in [3.05, 3.63) is 70.8 Å². The molecule has 0 saturated heterocycles. The summed E-state index contributed by atoms with van der Waals surface area (Å²) in [5, 5.41) is 2.91. The molecule has 1 aliphatic heterocycles. The highest BCUT2D eigenvalue weighted by Crippen LogP contribution is 2.25. The van der Waals surface area contributed by atoms with Crippen molar-refractivity contribution in [2.24, 2.45) is 5.73 Å². The molecule has 2 atom stereocenters. The highest BCUT2D eigenvalue weighted by atomic mass is 32.2. The van der Waals surface area contributed by atoms with E-state index in [-0.39, 0.29) is 17.2 Å². The molecular formula is C26H33N3O3S. The number of thioether (sulfide) groups is 1. The Morgan fingerprint density at radius 1 is 1.09 bits per heavy atom. The molecule has 33 heavy (non-hydrogen) atoms. The number of nitrogens with zero attached hydrogens (tertiary/aromatic N) is 1. The van der Waals surface area contributed by atoms with E-state index in [0.29, 0.717) is 30.7 Å². The number of amides is 3.